The molecule has 0 aliphatic carbocycles. The molecular formula is C13H17NO4. The molecule has 0 saturated heterocycles. The zero-order valence-corrected chi connectivity index (χ0v) is 10.6. The van der Waals surface area contributed by atoms with Gasteiger partial charge in [-0.05, 0) is 18.2 Å². The molecule has 5 nitrogen and oxygen atoms in total. The number of nitrogens with one attached hydrogen (secondary N) is 1. The highest BCUT2D eigenvalue weighted by Gasteiger charge is 2.05. The van der Waals surface area contributed by atoms with Crippen molar-refractivity contribution in [1.82, 2.24) is 0 Å². The Hall–Kier alpha value is -2.30. The van der Waals surface area contributed by atoms with E-state index in [1.165, 1.54) is 14.2 Å². The van der Waals surface area contributed by atoms with Crippen molar-refractivity contribution in [2.24, 2.45) is 0 Å². The summed E-state index contributed by atoms with van der Waals surface area (Å²) in [5.41, 5.74) is 0. The van der Waals surface area contributed by atoms with Crippen LogP contribution in [0.2, 0.25) is 0 Å². The van der Waals surface area contributed by atoms with Crippen molar-refractivity contribution in [3.8, 4) is 17.2 Å². The van der Waals surface area contributed by atoms with Crippen LogP contribution in [0.25, 0.3) is 0 Å². The van der Waals surface area contributed by atoms with Gasteiger partial charge in [-0.2, -0.15) is 0 Å². The van der Waals surface area contributed by atoms with E-state index in [2.05, 4.69) is 5.32 Å². The lowest BCUT2D eigenvalue weighted by molar-refractivity contribution is 0.340. The predicted octanol–water partition coefficient (Wildman–Crippen LogP) is 2.73. The van der Waals surface area contributed by atoms with Crippen molar-refractivity contribution in [2.45, 2.75) is 0 Å². The lowest BCUT2D eigenvalue weighted by Crippen LogP contribution is -1.87. The Morgan fingerprint density at radius 3 is 2.00 bits per heavy atom. The summed E-state index contributed by atoms with van der Waals surface area (Å²) >= 11 is 0. The van der Waals surface area contributed by atoms with Crippen LogP contribution >= 0.6 is 0 Å². The first-order valence-corrected chi connectivity index (χ1v) is 5.34. The molecule has 0 radical (unpaired) electrons. The molecule has 0 aliphatic heterocycles. The molecule has 0 atom stereocenters. The number of para-hydroxylation sites is 1. The summed E-state index contributed by atoms with van der Waals surface area (Å²) in [5, 5.41) is 12.2. The molecule has 0 unspecified atom stereocenters. The van der Waals surface area contributed by atoms with Crippen LogP contribution in [0.1, 0.15) is 0 Å². The second-order valence-electron chi connectivity index (χ2n) is 3.24. The first kappa shape index (κ1) is 13.8. The predicted molar refractivity (Wildman–Crippen MR) is 69.5 cm³/mol. The lowest BCUT2D eigenvalue weighted by atomic mass is 10.3. The SMILES string of the molecule is CNc1ccco1.COc1cccc(OC)c1O. The standard InChI is InChI=1S/C8H10O3.C5H7NO/c1-10-6-4-3-5-7(11-2)8(6)9;1-6-5-3-2-4-7-5/h3-5,9H,1-2H3;2-4,6H,1H3. The summed E-state index contributed by atoms with van der Waals surface area (Å²) < 4.78 is 14.6. The Morgan fingerprint density at radius 2 is 1.67 bits per heavy atom. The van der Waals surface area contributed by atoms with Gasteiger partial charge >= 0.3 is 0 Å². The molecule has 0 spiro atoms. The maximum atomic E-state index is 9.34. The third kappa shape index (κ3) is 3.62. The molecular weight excluding hydrogens is 234 g/mol. The summed E-state index contributed by atoms with van der Waals surface area (Å²) in [4.78, 5) is 0. The lowest BCUT2D eigenvalue weighted by Gasteiger charge is -2.06. The first-order chi connectivity index (χ1) is 8.72. The number of phenols is 1. The molecule has 2 rings (SSSR count). The minimum Gasteiger partial charge on any atom is -0.502 e. The highest BCUT2D eigenvalue weighted by atomic mass is 16.5. The molecule has 1 aromatic heterocycles. The van der Waals surface area contributed by atoms with Crippen LogP contribution in [0.3, 0.4) is 0 Å². The second-order valence-corrected chi connectivity index (χ2v) is 3.24. The van der Waals surface area contributed by atoms with Crippen molar-refractivity contribution < 1.29 is 19.0 Å². The molecule has 2 N–H and O–H groups in total. The topological polar surface area (TPSA) is 63.9 Å². The molecule has 0 fully saturated rings. The van der Waals surface area contributed by atoms with E-state index in [1.54, 1.807) is 24.5 Å². The monoisotopic (exact) mass is 251 g/mol. The Bertz CT molecular complexity index is 432. The van der Waals surface area contributed by atoms with E-state index in [-0.39, 0.29) is 5.75 Å². The molecule has 0 amide bonds. The number of anilines is 1. The number of ether oxygens (including phenoxy) is 2. The van der Waals surface area contributed by atoms with Gasteiger partial charge < -0.3 is 24.3 Å². The number of methoxy groups -OCH3 is 2. The van der Waals surface area contributed by atoms with E-state index in [9.17, 15) is 5.11 Å². The molecule has 1 aromatic carbocycles. The van der Waals surface area contributed by atoms with Crippen LogP contribution in [-0.4, -0.2) is 26.4 Å². The van der Waals surface area contributed by atoms with Crippen LogP contribution in [0.4, 0.5) is 5.88 Å². The number of benzene rings is 1. The fourth-order valence-electron chi connectivity index (χ4n) is 1.25. The van der Waals surface area contributed by atoms with Crippen LogP contribution in [0.5, 0.6) is 17.2 Å². The average Bonchev–Trinajstić information content (AvgIpc) is 2.93. The van der Waals surface area contributed by atoms with Gasteiger partial charge in [-0.25, -0.2) is 0 Å². The van der Waals surface area contributed by atoms with Gasteiger partial charge in [0, 0.05) is 13.1 Å². The highest BCUT2D eigenvalue weighted by Crippen LogP contribution is 2.34. The highest BCUT2D eigenvalue weighted by molar-refractivity contribution is 5.49. The molecule has 0 bridgehead atoms. The van der Waals surface area contributed by atoms with E-state index < -0.39 is 0 Å². The molecule has 1 heterocycles. The maximum absolute atomic E-state index is 9.34. The summed E-state index contributed by atoms with van der Waals surface area (Å²) in [6, 6.07) is 8.78. The Kier molecular flexibility index (Phi) is 5.44. The van der Waals surface area contributed by atoms with Crippen molar-refractivity contribution in [3.05, 3.63) is 36.6 Å². The quantitative estimate of drug-likeness (QED) is 0.878. The van der Waals surface area contributed by atoms with Crippen molar-refractivity contribution in [1.29, 1.82) is 0 Å². The number of hydrogen-bond donors (Lipinski definition) is 2. The molecule has 5 heteroatoms. The minimum absolute atomic E-state index is 0.0394. The third-order valence-corrected chi connectivity index (χ3v) is 2.17. The summed E-state index contributed by atoms with van der Waals surface area (Å²) in [7, 11) is 4.81. The molecule has 0 aliphatic rings. The Balaban J connectivity index is 0.000000199. The van der Waals surface area contributed by atoms with Crippen LogP contribution < -0.4 is 14.8 Å². The summed E-state index contributed by atoms with van der Waals surface area (Å²) in [6.07, 6.45) is 1.63. The van der Waals surface area contributed by atoms with E-state index in [4.69, 9.17) is 13.9 Å². The Labute approximate surface area is 106 Å². The molecule has 18 heavy (non-hydrogen) atoms. The van der Waals surface area contributed by atoms with Crippen LogP contribution in [-0.2, 0) is 0 Å². The van der Waals surface area contributed by atoms with Gasteiger partial charge in [0.25, 0.3) is 0 Å². The number of furan rings is 1. The third-order valence-electron chi connectivity index (χ3n) is 2.17. The van der Waals surface area contributed by atoms with Crippen molar-refractivity contribution in [3.63, 3.8) is 0 Å². The van der Waals surface area contributed by atoms with Crippen LogP contribution in [0, 0.1) is 0 Å². The van der Waals surface area contributed by atoms with Gasteiger partial charge in [-0.1, -0.05) is 6.07 Å². The van der Waals surface area contributed by atoms with Crippen LogP contribution in [0.15, 0.2) is 41.0 Å². The van der Waals surface area contributed by atoms with Gasteiger partial charge in [0.2, 0.25) is 5.75 Å². The molecule has 0 saturated carbocycles. The maximum Gasteiger partial charge on any atom is 0.200 e. The largest absolute Gasteiger partial charge is 0.502 e. The minimum atomic E-state index is 0.0394. The molecule has 2 aromatic rings. The van der Waals surface area contributed by atoms with Gasteiger partial charge in [0.1, 0.15) is 0 Å². The summed E-state index contributed by atoms with van der Waals surface area (Å²) in [5.74, 6) is 1.69. The van der Waals surface area contributed by atoms with Crippen molar-refractivity contribution >= 4 is 5.88 Å². The van der Waals surface area contributed by atoms with Gasteiger partial charge in [-0.15, -0.1) is 0 Å². The number of hydrogen-bond acceptors (Lipinski definition) is 5. The van der Waals surface area contributed by atoms with E-state index in [0.29, 0.717) is 11.5 Å². The second kappa shape index (κ2) is 7.11. The fourth-order valence-corrected chi connectivity index (χ4v) is 1.25. The van der Waals surface area contributed by atoms with Crippen molar-refractivity contribution in [2.75, 3.05) is 26.6 Å². The zero-order chi connectivity index (χ0) is 13.4. The van der Waals surface area contributed by atoms with Gasteiger partial charge in [-0.3, -0.25) is 0 Å². The Morgan fingerprint density at radius 1 is 1.06 bits per heavy atom. The van der Waals surface area contributed by atoms with Gasteiger partial charge in [0.15, 0.2) is 17.4 Å². The fraction of sp³-hybridized carbons (Fsp3) is 0.231. The average molecular weight is 251 g/mol. The number of rotatable bonds is 3. The van der Waals surface area contributed by atoms with E-state index in [1.807, 2.05) is 19.2 Å². The van der Waals surface area contributed by atoms with Gasteiger partial charge in [0.05, 0.1) is 20.5 Å². The summed E-state index contributed by atoms with van der Waals surface area (Å²) in [6.45, 7) is 0. The normalized spacial score (nSPS) is 9.06. The zero-order valence-electron chi connectivity index (χ0n) is 10.6. The molecule has 98 valence electrons. The van der Waals surface area contributed by atoms with E-state index in [0.717, 1.165) is 5.88 Å². The number of aromatic hydroxyl groups is 1. The number of phenolic OH excluding ortho intramolecular Hbond substituents is 1. The first-order valence-electron chi connectivity index (χ1n) is 5.34. The smallest absolute Gasteiger partial charge is 0.200 e. The van der Waals surface area contributed by atoms with E-state index >= 15 is 0 Å².